The molecule has 4 heteroatoms. The second kappa shape index (κ2) is 4.60. The average Bonchev–Trinajstić information content (AvgIpc) is 3.19. The molecule has 0 N–H and O–H groups in total. The molecule has 0 atom stereocenters. The number of aromatic nitrogens is 1. The minimum absolute atomic E-state index is 0.501. The van der Waals surface area contributed by atoms with E-state index >= 15 is 0 Å². The molecule has 0 amide bonds. The van der Waals surface area contributed by atoms with Crippen LogP contribution in [-0.2, 0) is 0 Å². The Balaban J connectivity index is 1.54. The van der Waals surface area contributed by atoms with E-state index in [0.717, 1.165) is 27.5 Å². The van der Waals surface area contributed by atoms with Crippen molar-refractivity contribution in [2.75, 3.05) is 13.1 Å². The van der Waals surface area contributed by atoms with Gasteiger partial charge in [-0.3, -0.25) is 0 Å². The van der Waals surface area contributed by atoms with Crippen molar-refractivity contribution in [2.24, 2.45) is 0 Å². The van der Waals surface area contributed by atoms with Crippen molar-refractivity contribution < 1.29 is 4.42 Å². The molecule has 2 heterocycles. The fraction of sp³-hybridized carbons (Fsp3) is 0.533. The Morgan fingerprint density at radius 3 is 2.68 bits per heavy atom. The zero-order valence-electron chi connectivity index (χ0n) is 10.8. The van der Waals surface area contributed by atoms with E-state index in [1.807, 2.05) is 18.2 Å². The Morgan fingerprint density at radius 2 is 1.95 bits per heavy atom. The lowest BCUT2D eigenvalue weighted by atomic mass is 9.97. The molecule has 1 aromatic heterocycles. The van der Waals surface area contributed by atoms with Gasteiger partial charge in [0.05, 0.1) is 0 Å². The van der Waals surface area contributed by atoms with Gasteiger partial charge in [0.25, 0.3) is 0 Å². The van der Waals surface area contributed by atoms with E-state index in [0.29, 0.717) is 5.92 Å². The van der Waals surface area contributed by atoms with Gasteiger partial charge in [-0.15, -0.1) is 0 Å². The van der Waals surface area contributed by atoms with E-state index in [2.05, 4.69) is 25.8 Å². The second-order valence-electron chi connectivity index (χ2n) is 5.71. The maximum atomic E-state index is 5.92. The Kier molecular flexibility index (Phi) is 2.88. The van der Waals surface area contributed by atoms with Crippen molar-refractivity contribution in [3.63, 3.8) is 0 Å². The van der Waals surface area contributed by atoms with Gasteiger partial charge < -0.3 is 9.32 Å². The van der Waals surface area contributed by atoms with Crippen LogP contribution in [0.25, 0.3) is 11.1 Å². The minimum Gasteiger partial charge on any atom is -0.440 e. The lowest BCUT2D eigenvalue weighted by Gasteiger charge is -2.30. The van der Waals surface area contributed by atoms with Crippen molar-refractivity contribution in [1.29, 1.82) is 0 Å². The van der Waals surface area contributed by atoms with Crippen LogP contribution in [0.5, 0.6) is 0 Å². The van der Waals surface area contributed by atoms with Gasteiger partial charge in [-0.25, -0.2) is 4.98 Å². The summed E-state index contributed by atoms with van der Waals surface area (Å²) in [4.78, 5) is 7.30. The number of nitrogens with zero attached hydrogens (tertiary/aromatic N) is 2. The molecule has 19 heavy (non-hydrogen) atoms. The summed E-state index contributed by atoms with van der Waals surface area (Å²) in [6, 6.07) is 6.92. The van der Waals surface area contributed by atoms with Crippen molar-refractivity contribution in [3.05, 3.63) is 28.6 Å². The fourth-order valence-corrected chi connectivity index (χ4v) is 3.39. The van der Waals surface area contributed by atoms with Crippen LogP contribution in [0.15, 0.2) is 27.1 Å². The highest BCUT2D eigenvalue weighted by Gasteiger charge is 2.33. The Hall–Kier alpha value is -0.870. The first-order valence-electron chi connectivity index (χ1n) is 7.09. The van der Waals surface area contributed by atoms with Crippen LogP contribution in [0.1, 0.15) is 37.5 Å². The summed E-state index contributed by atoms with van der Waals surface area (Å²) >= 11 is 3.48. The standard InChI is InChI=1S/C15H17BrN2O/c16-11-1-4-14-13(9-11)17-15(19-14)10-5-7-18(8-6-10)12-2-3-12/h1,4,9-10,12H,2-3,5-8H2. The number of fused-ring (bicyclic) bond motifs is 1. The predicted octanol–water partition coefficient (Wildman–Crippen LogP) is 3.93. The zero-order valence-corrected chi connectivity index (χ0v) is 12.4. The molecule has 2 aliphatic rings. The first-order chi connectivity index (χ1) is 9.29. The van der Waals surface area contributed by atoms with Gasteiger partial charge in [0.2, 0.25) is 0 Å². The molecule has 1 saturated heterocycles. The van der Waals surface area contributed by atoms with Crippen molar-refractivity contribution in [1.82, 2.24) is 9.88 Å². The monoisotopic (exact) mass is 320 g/mol. The van der Waals surface area contributed by atoms with Gasteiger partial charge >= 0.3 is 0 Å². The van der Waals surface area contributed by atoms with E-state index in [-0.39, 0.29) is 0 Å². The van der Waals surface area contributed by atoms with Crippen LogP contribution in [0.3, 0.4) is 0 Å². The summed E-state index contributed by atoms with van der Waals surface area (Å²) in [6.07, 6.45) is 5.18. The number of hydrogen-bond acceptors (Lipinski definition) is 3. The van der Waals surface area contributed by atoms with Crippen LogP contribution in [-0.4, -0.2) is 29.0 Å². The van der Waals surface area contributed by atoms with Crippen molar-refractivity contribution in [2.45, 2.75) is 37.6 Å². The molecule has 1 aromatic carbocycles. The van der Waals surface area contributed by atoms with E-state index in [9.17, 15) is 0 Å². The lowest BCUT2D eigenvalue weighted by molar-refractivity contribution is 0.193. The van der Waals surface area contributed by atoms with Crippen molar-refractivity contribution >= 4 is 27.0 Å². The summed E-state index contributed by atoms with van der Waals surface area (Å²) in [5.41, 5.74) is 1.87. The number of likely N-dealkylation sites (tertiary alicyclic amines) is 1. The number of benzene rings is 1. The van der Waals surface area contributed by atoms with Gasteiger partial charge in [-0.2, -0.15) is 0 Å². The molecule has 1 saturated carbocycles. The van der Waals surface area contributed by atoms with Gasteiger partial charge in [0, 0.05) is 16.4 Å². The first kappa shape index (κ1) is 11.9. The number of rotatable bonds is 2. The van der Waals surface area contributed by atoms with E-state index in [4.69, 9.17) is 4.42 Å². The second-order valence-corrected chi connectivity index (χ2v) is 6.62. The third-order valence-corrected chi connectivity index (χ3v) is 4.80. The summed E-state index contributed by atoms with van der Waals surface area (Å²) in [5, 5.41) is 0. The third kappa shape index (κ3) is 2.32. The van der Waals surface area contributed by atoms with E-state index < -0.39 is 0 Å². The average molecular weight is 321 g/mol. The maximum absolute atomic E-state index is 5.92. The number of piperidine rings is 1. The zero-order chi connectivity index (χ0) is 12.8. The molecule has 4 rings (SSSR count). The third-order valence-electron chi connectivity index (χ3n) is 4.31. The normalized spacial score (nSPS) is 22.2. The topological polar surface area (TPSA) is 29.3 Å². The number of halogens is 1. The summed E-state index contributed by atoms with van der Waals surface area (Å²) in [7, 11) is 0. The van der Waals surface area contributed by atoms with Crippen molar-refractivity contribution in [3.8, 4) is 0 Å². The van der Waals surface area contributed by atoms with Gasteiger partial charge in [0.1, 0.15) is 5.52 Å². The molecular weight excluding hydrogens is 304 g/mol. The Morgan fingerprint density at radius 1 is 1.16 bits per heavy atom. The molecule has 0 radical (unpaired) electrons. The summed E-state index contributed by atoms with van der Waals surface area (Å²) in [5.74, 6) is 1.43. The Labute approximate surface area is 121 Å². The van der Waals surface area contributed by atoms with E-state index in [1.165, 1.54) is 38.8 Å². The molecule has 0 spiro atoms. The maximum Gasteiger partial charge on any atom is 0.198 e. The molecule has 100 valence electrons. The van der Waals surface area contributed by atoms with Crippen LogP contribution in [0.4, 0.5) is 0 Å². The van der Waals surface area contributed by atoms with Gasteiger partial charge in [-0.05, 0) is 57.0 Å². The van der Waals surface area contributed by atoms with Gasteiger partial charge in [0.15, 0.2) is 11.5 Å². The molecule has 1 aliphatic carbocycles. The molecule has 2 fully saturated rings. The van der Waals surface area contributed by atoms with E-state index in [1.54, 1.807) is 0 Å². The number of hydrogen-bond donors (Lipinski definition) is 0. The number of oxazole rings is 1. The highest BCUT2D eigenvalue weighted by Crippen LogP contribution is 2.35. The molecular formula is C15H17BrN2O. The summed E-state index contributed by atoms with van der Waals surface area (Å²) in [6.45, 7) is 2.41. The highest BCUT2D eigenvalue weighted by atomic mass is 79.9. The molecule has 1 aliphatic heterocycles. The SMILES string of the molecule is Brc1ccc2oc(C3CCN(C4CC4)CC3)nc2c1. The van der Waals surface area contributed by atoms with Crippen LogP contribution >= 0.6 is 15.9 Å². The predicted molar refractivity (Wildman–Crippen MR) is 78.3 cm³/mol. The first-order valence-corrected chi connectivity index (χ1v) is 7.89. The largest absolute Gasteiger partial charge is 0.440 e. The molecule has 0 unspecified atom stereocenters. The van der Waals surface area contributed by atoms with Crippen LogP contribution in [0, 0.1) is 0 Å². The molecule has 3 nitrogen and oxygen atoms in total. The van der Waals surface area contributed by atoms with Crippen LogP contribution < -0.4 is 0 Å². The fourth-order valence-electron chi connectivity index (χ4n) is 3.04. The quantitative estimate of drug-likeness (QED) is 0.839. The molecule has 2 aromatic rings. The van der Waals surface area contributed by atoms with Gasteiger partial charge in [-0.1, -0.05) is 15.9 Å². The summed E-state index contributed by atoms with van der Waals surface area (Å²) < 4.78 is 6.98. The highest BCUT2D eigenvalue weighted by molar-refractivity contribution is 9.10. The van der Waals surface area contributed by atoms with Crippen LogP contribution in [0.2, 0.25) is 0 Å². The minimum atomic E-state index is 0.501. The smallest absolute Gasteiger partial charge is 0.198 e. The Bertz CT molecular complexity index is 597. The molecule has 0 bridgehead atoms. The lowest BCUT2D eigenvalue weighted by Crippen LogP contribution is -2.34.